The molecule has 1 aliphatic heterocycles. The maximum Gasteiger partial charge on any atom is 0.407 e. The Morgan fingerprint density at radius 1 is 1.20 bits per heavy atom. The summed E-state index contributed by atoms with van der Waals surface area (Å²) in [4.78, 5) is 21.8. The summed E-state index contributed by atoms with van der Waals surface area (Å²) in [5.41, 5.74) is 1.90. The Balaban J connectivity index is 1.41. The molecule has 0 unspecified atom stereocenters. The highest BCUT2D eigenvalue weighted by atomic mass is 19.1. The largest absolute Gasteiger partial charge is 0.481 e. The number of amides is 1. The van der Waals surface area contributed by atoms with Gasteiger partial charge in [-0.2, -0.15) is 0 Å². The first-order valence-electron chi connectivity index (χ1n) is 13.4. The maximum absolute atomic E-state index is 13.8. The third kappa shape index (κ3) is 8.19. The average Bonchev–Trinajstić information content (AvgIpc) is 2.91. The maximum atomic E-state index is 13.8. The van der Waals surface area contributed by atoms with E-state index in [2.05, 4.69) is 20.6 Å². The molecule has 0 radical (unpaired) electrons. The number of methoxy groups -OCH3 is 1. The van der Waals surface area contributed by atoms with Crippen molar-refractivity contribution in [3.63, 3.8) is 0 Å². The highest BCUT2D eigenvalue weighted by molar-refractivity contribution is 5.78. The molecule has 2 N–H and O–H groups in total. The zero-order valence-corrected chi connectivity index (χ0v) is 23.2. The second-order valence-corrected chi connectivity index (χ2v) is 10.8. The van der Waals surface area contributed by atoms with Gasteiger partial charge in [-0.3, -0.25) is 4.98 Å². The molecule has 3 aromatic rings. The standard InChI is InChI=1S/C30H36F2N4O4/c1-30(2,3)40-29(37)35-25(17-20-13-15-34-24-10-12-27(38-4)36-28(20)24)26-11-8-22(18-39-26)33-14-5-6-19-16-21(31)7-9-23(19)32/h5-7,9-10,12-13,15-16,22,25-26,33H,8,11,14,17-18H2,1-4H3,(H,35,37)/t22-,25+,26+/m1/s1. The van der Waals surface area contributed by atoms with Gasteiger partial charge in [0.05, 0.1) is 36.9 Å². The summed E-state index contributed by atoms with van der Waals surface area (Å²) in [7, 11) is 1.56. The van der Waals surface area contributed by atoms with E-state index < -0.39 is 23.3 Å². The molecule has 0 aliphatic carbocycles. The van der Waals surface area contributed by atoms with Gasteiger partial charge in [0.25, 0.3) is 0 Å². The second kappa shape index (κ2) is 13.1. The van der Waals surface area contributed by atoms with Crippen molar-refractivity contribution in [3.05, 3.63) is 71.4 Å². The SMILES string of the molecule is COc1ccc2nccc(C[C@H](NC(=O)OC(C)(C)C)[C@@H]3CC[C@@H](NCC=Cc4cc(F)ccc4F)CO3)c2n1. The van der Waals surface area contributed by atoms with Gasteiger partial charge in [0, 0.05) is 30.4 Å². The first-order chi connectivity index (χ1) is 19.1. The summed E-state index contributed by atoms with van der Waals surface area (Å²) in [6, 6.07) is 8.58. The van der Waals surface area contributed by atoms with E-state index in [0.29, 0.717) is 37.4 Å². The third-order valence-corrected chi connectivity index (χ3v) is 6.53. The number of halogens is 2. The summed E-state index contributed by atoms with van der Waals surface area (Å²) < 4.78 is 44.3. The minimum atomic E-state index is -0.642. The molecular formula is C30H36F2N4O4. The van der Waals surface area contributed by atoms with Crippen molar-refractivity contribution in [2.75, 3.05) is 20.3 Å². The summed E-state index contributed by atoms with van der Waals surface area (Å²) in [5, 5.41) is 6.39. The quantitative estimate of drug-likeness (QED) is 0.375. The fourth-order valence-electron chi connectivity index (χ4n) is 4.62. The van der Waals surface area contributed by atoms with Gasteiger partial charge in [0.1, 0.15) is 17.2 Å². The van der Waals surface area contributed by atoms with Crippen LogP contribution < -0.4 is 15.4 Å². The molecule has 2 aromatic heterocycles. The molecule has 1 saturated heterocycles. The Morgan fingerprint density at radius 2 is 2.02 bits per heavy atom. The van der Waals surface area contributed by atoms with Gasteiger partial charge in [-0.1, -0.05) is 12.2 Å². The van der Waals surface area contributed by atoms with E-state index in [1.54, 1.807) is 31.5 Å². The van der Waals surface area contributed by atoms with Crippen LogP contribution in [-0.4, -0.2) is 60.1 Å². The molecule has 8 nitrogen and oxygen atoms in total. The van der Waals surface area contributed by atoms with E-state index in [1.807, 2.05) is 32.9 Å². The van der Waals surface area contributed by atoms with E-state index in [4.69, 9.17) is 14.2 Å². The first kappa shape index (κ1) is 29.4. The number of benzene rings is 1. The molecule has 1 aliphatic rings. The topological polar surface area (TPSA) is 94.6 Å². The van der Waals surface area contributed by atoms with Crippen molar-refractivity contribution < 1.29 is 27.8 Å². The molecule has 0 bridgehead atoms. The van der Waals surface area contributed by atoms with Gasteiger partial charge in [-0.05, 0) is 75.9 Å². The van der Waals surface area contributed by atoms with Crippen molar-refractivity contribution >= 4 is 23.2 Å². The van der Waals surface area contributed by atoms with E-state index in [-0.39, 0.29) is 23.8 Å². The van der Waals surface area contributed by atoms with Gasteiger partial charge in [0.15, 0.2) is 0 Å². The van der Waals surface area contributed by atoms with Crippen molar-refractivity contribution in [1.82, 2.24) is 20.6 Å². The molecule has 10 heteroatoms. The third-order valence-electron chi connectivity index (χ3n) is 6.53. The van der Waals surface area contributed by atoms with Crippen LogP contribution in [0.4, 0.5) is 13.6 Å². The number of rotatable bonds is 9. The van der Waals surface area contributed by atoms with Crippen LogP contribution >= 0.6 is 0 Å². The fourth-order valence-corrected chi connectivity index (χ4v) is 4.62. The number of nitrogens with zero attached hydrogens (tertiary/aromatic N) is 2. The second-order valence-electron chi connectivity index (χ2n) is 10.8. The lowest BCUT2D eigenvalue weighted by Crippen LogP contribution is -2.51. The van der Waals surface area contributed by atoms with Crippen molar-refractivity contribution in [2.24, 2.45) is 0 Å². The minimum absolute atomic E-state index is 0.0770. The summed E-state index contributed by atoms with van der Waals surface area (Å²) in [5.74, 6) is -0.471. The lowest BCUT2D eigenvalue weighted by atomic mass is 9.94. The van der Waals surface area contributed by atoms with Crippen LogP contribution in [0, 0.1) is 11.6 Å². The Bertz CT molecular complexity index is 1340. The van der Waals surface area contributed by atoms with Crippen LogP contribution in [-0.2, 0) is 15.9 Å². The predicted molar refractivity (Wildman–Crippen MR) is 149 cm³/mol. The molecule has 0 spiro atoms. The minimum Gasteiger partial charge on any atom is -0.481 e. The Hall–Kier alpha value is -3.63. The van der Waals surface area contributed by atoms with E-state index in [9.17, 15) is 13.6 Å². The number of carbonyl (C=O) groups excluding carboxylic acids is 1. The lowest BCUT2D eigenvalue weighted by molar-refractivity contribution is -0.0258. The zero-order valence-electron chi connectivity index (χ0n) is 23.2. The molecule has 3 heterocycles. The molecule has 1 fully saturated rings. The van der Waals surface area contributed by atoms with Gasteiger partial charge in [0.2, 0.25) is 5.88 Å². The number of pyridine rings is 2. The number of aromatic nitrogens is 2. The lowest BCUT2D eigenvalue weighted by Gasteiger charge is -2.35. The van der Waals surface area contributed by atoms with Gasteiger partial charge >= 0.3 is 6.09 Å². The summed E-state index contributed by atoms with van der Waals surface area (Å²) >= 11 is 0. The van der Waals surface area contributed by atoms with E-state index in [0.717, 1.165) is 35.7 Å². The zero-order chi connectivity index (χ0) is 28.7. The normalized spacial score (nSPS) is 18.6. The Morgan fingerprint density at radius 3 is 2.75 bits per heavy atom. The van der Waals surface area contributed by atoms with Gasteiger partial charge in [-0.15, -0.1) is 0 Å². The average molecular weight is 555 g/mol. The number of alkyl carbamates (subject to hydrolysis) is 1. The van der Waals surface area contributed by atoms with Gasteiger partial charge < -0.3 is 24.8 Å². The molecule has 1 amide bonds. The highest BCUT2D eigenvalue weighted by Crippen LogP contribution is 2.24. The predicted octanol–water partition coefficient (Wildman–Crippen LogP) is 5.20. The molecule has 40 heavy (non-hydrogen) atoms. The van der Waals surface area contributed by atoms with Crippen LogP contribution in [0.1, 0.15) is 44.7 Å². The van der Waals surface area contributed by atoms with E-state index in [1.165, 1.54) is 0 Å². The summed E-state index contributed by atoms with van der Waals surface area (Å²) in [6.07, 6.45) is 6.23. The van der Waals surface area contributed by atoms with Crippen LogP contribution in [0.2, 0.25) is 0 Å². The molecular weight excluding hydrogens is 518 g/mol. The number of nitrogens with one attached hydrogen (secondary N) is 2. The molecule has 0 saturated carbocycles. The Labute approximate surface area is 233 Å². The molecule has 214 valence electrons. The number of carbonyl (C=O) groups is 1. The summed E-state index contributed by atoms with van der Waals surface area (Å²) in [6.45, 7) is 6.36. The molecule has 3 atom stereocenters. The van der Waals surface area contributed by atoms with Gasteiger partial charge in [-0.25, -0.2) is 18.6 Å². The smallest absolute Gasteiger partial charge is 0.407 e. The number of hydrogen-bond acceptors (Lipinski definition) is 7. The van der Waals surface area contributed by atoms with Crippen LogP contribution in [0.3, 0.4) is 0 Å². The number of hydrogen-bond donors (Lipinski definition) is 2. The monoisotopic (exact) mass is 554 g/mol. The fraction of sp³-hybridized carbons (Fsp3) is 0.433. The van der Waals surface area contributed by atoms with Crippen molar-refractivity contribution in [1.29, 1.82) is 0 Å². The number of fused-ring (bicyclic) bond motifs is 1. The van der Waals surface area contributed by atoms with Crippen LogP contribution in [0.15, 0.2) is 48.7 Å². The molecule has 1 aromatic carbocycles. The van der Waals surface area contributed by atoms with Crippen molar-refractivity contribution in [3.8, 4) is 5.88 Å². The number of ether oxygens (including phenoxy) is 3. The van der Waals surface area contributed by atoms with Crippen LogP contribution in [0.25, 0.3) is 17.1 Å². The highest BCUT2D eigenvalue weighted by Gasteiger charge is 2.31. The van der Waals surface area contributed by atoms with E-state index >= 15 is 0 Å². The molecule has 4 rings (SSSR count). The Kier molecular flexibility index (Phi) is 9.65. The first-order valence-corrected chi connectivity index (χ1v) is 13.4. The van der Waals surface area contributed by atoms with Crippen LogP contribution in [0.5, 0.6) is 5.88 Å². The van der Waals surface area contributed by atoms with Crippen molar-refractivity contribution in [2.45, 2.75) is 63.8 Å².